The second-order valence-corrected chi connectivity index (χ2v) is 6.63. The van der Waals surface area contributed by atoms with Crippen molar-refractivity contribution in [3.63, 3.8) is 0 Å². The molecule has 0 aliphatic carbocycles. The quantitative estimate of drug-likeness (QED) is 0.460. The molecule has 1 N–H and O–H groups in total. The topological polar surface area (TPSA) is 63.8 Å². The van der Waals surface area contributed by atoms with Gasteiger partial charge in [0.25, 0.3) is 0 Å². The van der Waals surface area contributed by atoms with E-state index in [1.807, 2.05) is 36.4 Å². The number of ether oxygens (including phenoxy) is 1. The number of hydrogen-bond donors (Lipinski definition) is 1. The maximum atomic E-state index is 12.2. The summed E-state index contributed by atoms with van der Waals surface area (Å²) in [6.45, 7) is 0. The van der Waals surface area contributed by atoms with E-state index < -0.39 is 5.91 Å². The molecule has 1 amide bonds. The molecule has 0 aliphatic rings. The maximum absolute atomic E-state index is 12.2. The summed E-state index contributed by atoms with van der Waals surface area (Å²) in [5.41, 5.74) is 3.82. The monoisotopic (exact) mass is 450 g/mol. The first-order chi connectivity index (χ1) is 11.6. The molecule has 0 aliphatic heterocycles. The summed E-state index contributed by atoms with van der Waals surface area (Å²) in [5.74, 6) is 0.425. The fraction of sp³-hybridized carbons (Fsp3) is 0.0588. The highest BCUT2D eigenvalue weighted by molar-refractivity contribution is 9.11. The molecule has 7 heteroatoms. The van der Waals surface area contributed by atoms with Gasteiger partial charge in [-0.25, -0.2) is 5.43 Å². The number of nitrogens with zero attached hydrogens (tertiary/aromatic N) is 1. The number of nitrogens with one attached hydrogen (secondary N) is 1. The molecule has 1 aromatic heterocycles. The van der Waals surface area contributed by atoms with Gasteiger partial charge in [-0.2, -0.15) is 5.10 Å². The van der Waals surface area contributed by atoms with Gasteiger partial charge in [0.1, 0.15) is 11.3 Å². The first kappa shape index (κ1) is 16.7. The number of halogens is 2. The third kappa shape index (κ3) is 3.52. The summed E-state index contributed by atoms with van der Waals surface area (Å²) >= 11 is 6.81. The number of methoxy groups -OCH3 is 1. The lowest BCUT2D eigenvalue weighted by Gasteiger charge is -2.02. The molecule has 0 atom stereocenters. The Kier molecular flexibility index (Phi) is 5.01. The van der Waals surface area contributed by atoms with Gasteiger partial charge < -0.3 is 9.15 Å². The first-order valence-electron chi connectivity index (χ1n) is 6.93. The number of para-hydroxylation sites is 1. The van der Waals surface area contributed by atoms with E-state index in [0.717, 1.165) is 19.9 Å². The van der Waals surface area contributed by atoms with E-state index in [1.165, 1.54) is 6.21 Å². The van der Waals surface area contributed by atoms with Gasteiger partial charge in [0, 0.05) is 15.4 Å². The summed E-state index contributed by atoms with van der Waals surface area (Å²) < 4.78 is 12.5. The normalized spacial score (nSPS) is 11.1. The molecule has 3 rings (SSSR count). The van der Waals surface area contributed by atoms with Crippen LogP contribution >= 0.6 is 31.9 Å². The van der Waals surface area contributed by atoms with Crippen LogP contribution in [0.3, 0.4) is 0 Å². The lowest BCUT2D eigenvalue weighted by Crippen LogP contribution is -2.16. The minimum Gasteiger partial charge on any atom is -0.496 e. The lowest BCUT2D eigenvalue weighted by molar-refractivity contribution is 0.0929. The highest BCUT2D eigenvalue weighted by Gasteiger charge is 2.14. The molecule has 24 heavy (non-hydrogen) atoms. The number of carbonyl (C=O) groups excluding carboxylic acids is 1. The number of amides is 1. The molecule has 0 unspecified atom stereocenters. The van der Waals surface area contributed by atoms with Crippen LogP contribution in [0, 0.1) is 0 Å². The maximum Gasteiger partial charge on any atom is 0.307 e. The smallest absolute Gasteiger partial charge is 0.307 e. The van der Waals surface area contributed by atoms with Crippen molar-refractivity contribution in [3.8, 4) is 5.75 Å². The third-order valence-corrected chi connectivity index (χ3v) is 4.32. The molecule has 0 saturated heterocycles. The molecule has 1 heterocycles. The Morgan fingerprint density at radius 1 is 1.25 bits per heavy atom. The first-order valence-corrected chi connectivity index (χ1v) is 8.52. The molecule has 0 fully saturated rings. The Balaban J connectivity index is 1.78. The summed E-state index contributed by atoms with van der Waals surface area (Å²) in [7, 11) is 1.58. The molecule has 2 aromatic carbocycles. The number of hydrogen-bond acceptors (Lipinski definition) is 4. The number of rotatable bonds is 4. The second kappa shape index (κ2) is 7.19. The Morgan fingerprint density at radius 2 is 2.04 bits per heavy atom. The van der Waals surface area contributed by atoms with Gasteiger partial charge in [0.15, 0.2) is 5.76 Å². The van der Waals surface area contributed by atoms with Crippen molar-refractivity contribution in [2.24, 2.45) is 5.10 Å². The molecule has 122 valence electrons. The van der Waals surface area contributed by atoms with Crippen molar-refractivity contribution in [1.82, 2.24) is 5.43 Å². The molecule has 0 spiro atoms. The van der Waals surface area contributed by atoms with Crippen LogP contribution in [0.15, 0.2) is 60.9 Å². The Morgan fingerprint density at radius 3 is 2.83 bits per heavy atom. The summed E-state index contributed by atoms with van der Waals surface area (Å²) in [6.07, 6.45) is 1.52. The average molecular weight is 452 g/mol. The third-order valence-electron chi connectivity index (χ3n) is 3.27. The van der Waals surface area contributed by atoms with Gasteiger partial charge in [0.05, 0.1) is 17.8 Å². The fourth-order valence-corrected chi connectivity index (χ4v) is 3.52. The number of furan rings is 1. The van der Waals surface area contributed by atoms with Gasteiger partial charge in [-0.3, -0.25) is 4.79 Å². The van der Waals surface area contributed by atoms with Crippen molar-refractivity contribution in [2.75, 3.05) is 7.11 Å². The van der Waals surface area contributed by atoms with E-state index in [-0.39, 0.29) is 5.76 Å². The zero-order valence-electron chi connectivity index (χ0n) is 12.5. The van der Waals surface area contributed by atoms with Crippen LogP contribution in [0.2, 0.25) is 0 Å². The average Bonchev–Trinajstić information content (AvgIpc) is 2.99. The van der Waals surface area contributed by atoms with Crippen LogP contribution in [0.4, 0.5) is 0 Å². The summed E-state index contributed by atoms with van der Waals surface area (Å²) in [4.78, 5) is 12.2. The van der Waals surface area contributed by atoms with Crippen molar-refractivity contribution < 1.29 is 13.9 Å². The zero-order chi connectivity index (χ0) is 17.1. The van der Waals surface area contributed by atoms with Crippen LogP contribution in [-0.2, 0) is 0 Å². The lowest BCUT2D eigenvalue weighted by atomic mass is 10.2. The van der Waals surface area contributed by atoms with Crippen LogP contribution in [0.25, 0.3) is 11.0 Å². The van der Waals surface area contributed by atoms with Crippen molar-refractivity contribution in [2.45, 2.75) is 0 Å². The van der Waals surface area contributed by atoms with E-state index in [1.54, 1.807) is 13.2 Å². The Hall–Kier alpha value is -2.12. The molecular formula is C17H12Br2N2O3. The highest BCUT2D eigenvalue weighted by Crippen LogP contribution is 2.30. The molecule has 3 aromatic rings. The Labute approximate surface area is 154 Å². The zero-order valence-corrected chi connectivity index (χ0v) is 15.7. The van der Waals surface area contributed by atoms with Gasteiger partial charge in [-0.1, -0.05) is 28.1 Å². The largest absolute Gasteiger partial charge is 0.496 e. The van der Waals surface area contributed by atoms with E-state index in [0.29, 0.717) is 11.3 Å². The standard InChI is InChI=1S/C17H12Br2N2O3/c1-23-14-5-3-2-4-10(14)9-20-21-17(22)15-7-11-6-12(18)8-13(19)16(11)24-15/h2-9H,1H3,(H,21,22)/b20-9-. The van der Waals surface area contributed by atoms with E-state index in [2.05, 4.69) is 42.4 Å². The van der Waals surface area contributed by atoms with Crippen molar-refractivity contribution in [1.29, 1.82) is 0 Å². The minimum atomic E-state index is -0.430. The van der Waals surface area contributed by atoms with Crippen molar-refractivity contribution in [3.05, 3.63) is 62.7 Å². The van der Waals surface area contributed by atoms with Crippen LogP contribution in [0.1, 0.15) is 16.1 Å². The molecule has 0 saturated carbocycles. The minimum absolute atomic E-state index is 0.181. The van der Waals surface area contributed by atoms with Gasteiger partial charge in [0.2, 0.25) is 0 Å². The number of fused-ring (bicyclic) bond motifs is 1. The predicted octanol–water partition coefficient (Wildman–Crippen LogP) is 4.73. The number of hydrazone groups is 1. The fourth-order valence-electron chi connectivity index (χ4n) is 2.18. The van der Waals surface area contributed by atoms with Crippen LogP contribution in [0.5, 0.6) is 5.75 Å². The molecule has 5 nitrogen and oxygen atoms in total. The van der Waals surface area contributed by atoms with Gasteiger partial charge >= 0.3 is 5.91 Å². The van der Waals surface area contributed by atoms with E-state index >= 15 is 0 Å². The molecule has 0 bridgehead atoms. The number of carbonyl (C=O) groups is 1. The van der Waals surface area contributed by atoms with E-state index in [9.17, 15) is 4.79 Å². The van der Waals surface area contributed by atoms with Crippen LogP contribution < -0.4 is 10.2 Å². The van der Waals surface area contributed by atoms with Crippen molar-refractivity contribution >= 4 is 55.0 Å². The SMILES string of the molecule is COc1ccccc1/C=N\NC(=O)c1cc2cc(Br)cc(Br)c2o1. The summed E-state index contributed by atoms with van der Waals surface area (Å²) in [5, 5.41) is 4.77. The second-order valence-electron chi connectivity index (χ2n) is 4.86. The number of benzene rings is 2. The Bertz CT molecular complexity index is 935. The van der Waals surface area contributed by atoms with E-state index in [4.69, 9.17) is 9.15 Å². The highest BCUT2D eigenvalue weighted by atomic mass is 79.9. The predicted molar refractivity (Wildman–Crippen MR) is 99.7 cm³/mol. The summed E-state index contributed by atoms with van der Waals surface area (Å²) in [6, 6.07) is 12.8. The molecule has 0 radical (unpaired) electrons. The molecular weight excluding hydrogens is 440 g/mol. The van der Waals surface area contributed by atoms with Crippen LogP contribution in [-0.4, -0.2) is 19.2 Å². The van der Waals surface area contributed by atoms with Gasteiger partial charge in [-0.05, 0) is 46.3 Å². The van der Waals surface area contributed by atoms with Gasteiger partial charge in [-0.15, -0.1) is 0 Å².